The first-order valence-corrected chi connectivity index (χ1v) is 16.6. The number of carbonyl (C=O) groups is 2. The van der Waals surface area contributed by atoms with Gasteiger partial charge in [-0.25, -0.2) is 0 Å². The van der Waals surface area contributed by atoms with E-state index in [1.807, 2.05) is 44.8 Å². The Labute approximate surface area is 274 Å². The standard InChI is InChI=1S/C33H60N2O11/c1-17-15-32(7,40)28(46-31-26(43-13-12-24(36)42-11)23(34(8)9)14-18(2)44-31)19(3)25(37)20(4)30(39)45-29-21(5)33(29,41)27(38)22(6)35(10)16-17/h17-23,25-29,31,37-38,40-41H,12-16H2,1-11H3/t17-,18-,19+,20-,21?,22-,23+,25+,26-,27-,28-,29-,31+,32+,33+/m1/s1. The van der Waals surface area contributed by atoms with Crippen LogP contribution in [0.15, 0.2) is 0 Å². The lowest BCUT2D eigenvalue weighted by atomic mass is 9.78. The van der Waals surface area contributed by atoms with Crippen molar-refractivity contribution in [3.05, 3.63) is 0 Å². The molecule has 3 aliphatic rings. The third-order valence-corrected chi connectivity index (χ3v) is 10.6. The summed E-state index contributed by atoms with van der Waals surface area (Å²) in [5, 5.41) is 46.2. The summed E-state index contributed by atoms with van der Waals surface area (Å²) in [6, 6.07) is -0.627. The molecule has 0 aromatic carbocycles. The maximum Gasteiger partial charge on any atom is 0.311 e. The monoisotopic (exact) mass is 660 g/mol. The van der Waals surface area contributed by atoms with Crippen LogP contribution in [0.3, 0.4) is 0 Å². The van der Waals surface area contributed by atoms with Crippen LogP contribution in [-0.2, 0) is 33.3 Å². The summed E-state index contributed by atoms with van der Waals surface area (Å²) in [5.74, 6) is -3.56. The topological polar surface area (TPSA) is 168 Å². The number of fused-ring (bicyclic) bond motifs is 1. The number of rotatable bonds is 7. The average Bonchev–Trinajstić information content (AvgIpc) is 3.51. The van der Waals surface area contributed by atoms with Gasteiger partial charge in [-0.1, -0.05) is 20.8 Å². The molecule has 0 spiro atoms. The summed E-state index contributed by atoms with van der Waals surface area (Å²) in [5.41, 5.74) is -3.13. The second-order valence-corrected chi connectivity index (χ2v) is 14.8. The van der Waals surface area contributed by atoms with Crippen LogP contribution in [0.4, 0.5) is 0 Å². The number of esters is 2. The van der Waals surface area contributed by atoms with E-state index in [1.165, 1.54) is 14.0 Å². The van der Waals surface area contributed by atoms with Crippen molar-refractivity contribution in [1.29, 1.82) is 0 Å². The third kappa shape index (κ3) is 8.41. The lowest BCUT2D eigenvalue weighted by Gasteiger charge is -2.48. The van der Waals surface area contributed by atoms with E-state index in [-0.39, 0.29) is 37.5 Å². The van der Waals surface area contributed by atoms with Gasteiger partial charge in [0.1, 0.15) is 23.9 Å². The maximum atomic E-state index is 13.3. The molecule has 268 valence electrons. The zero-order chi connectivity index (χ0) is 34.9. The second kappa shape index (κ2) is 15.4. The van der Waals surface area contributed by atoms with E-state index >= 15 is 0 Å². The highest BCUT2D eigenvalue weighted by Crippen LogP contribution is 2.50. The average molecular weight is 661 g/mol. The SMILES string of the molecule is COC(=O)CCO[C@H]1[C@H](O[C@@H]2[C@@H](C)[C@H](O)[C@@H](C)C(=O)O[C@@H]3C(C)[C@]3(O)[C@H](O)[C@@H](C)N(C)C[C@H](C)C[C@]2(C)O)O[C@H](C)C[C@@H]1N(C)C. The number of aliphatic hydroxyl groups is 4. The van der Waals surface area contributed by atoms with Gasteiger partial charge in [-0.2, -0.15) is 0 Å². The number of aliphatic hydroxyl groups excluding tert-OH is 2. The first-order valence-electron chi connectivity index (χ1n) is 16.6. The van der Waals surface area contributed by atoms with Gasteiger partial charge in [0.25, 0.3) is 0 Å². The Morgan fingerprint density at radius 1 is 1.11 bits per heavy atom. The van der Waals surface area contributed by atoms with Gasteiger partial charge >= 0.3 is 11.9 Å². The first-order chi connectivity index (χ1) is 21.3. The minimum absolute atomic E-state index is 0.0399. The normalized spacial score (nSPS) is 46.5. The Hall–Kier alpha value is -1.42. The van der Waals surface area contributed by atoms with Crippen LogP contribution in [0.1, 0.15) is 67.7 Å². The van der Waals surface area contributed by atoms with Crippen molar-refractivity contribution in [2.75, 3.05) is 41.4 Å². The van der Waals surface area contributed by atoms with Crippen molar-refractivity contribution in [3.63, 3.8) is 0 Å². The zero-order valence-corrected chi connectivity index (χ0v) is 29.6. The maximum absolute atomic E-state index is 13.3. The van der Waals surface area contributed by atoms with Crippen molar-refractivity contribution in [1.82, 2.24) is 9.80 Å². The highest BCUT2D eigenvalue weighted by Gasteiger charge is 2.70. The molecule has 0 amide bonds. The van der Waals surface area contributed by atoms with Gasteiger partial charge in [-0.05, 0) is 67.6 Å². The van der Waals surface area contributed by atoms with Crippen LogP contribution in [-0.4, -0.2) is 150 Å². The summed E-state index contributed by atoms with van der Waals surface area (Å²) in [6.07, 6.45) is -5.36. The zero-order valence-electron chi connectivity index (χ0n) is 29.6. The van der Waals surface area contributed by atoms with Crippen LogP contribution in [0, 0.1) is 23.7 Å². The number of ether oxygens (including phenoxy) is 5. The summed E-state index contributed by atoms with van der Waals surface area (Å²) in [7, 11) is 7.00. The first kappa shape index (κ1) is 39.0. The lowest BCUT2D eigenvalue weighted by molar-refractivity contribution is -0.306. The fraction of sp³-hybridized carbons (Fsp3) is 0.939. The van der Waals surface area contributed by atoms with Crippen molar-refractivity contribution in [3.8, 4) is 0 Å². The van der Waals surface area contributed by atoms with Crippen LogP contribution in [0.25, 0.3) is 0 Å². The van der Waals surface area contributed by atoms with Gasteiger partial charge in [0.2, 0.25) is 0 Å². The number of likely N-dealkylation sites (N-methyl/N-ethyl adjacent to an activating group) is 2. The summed E-state index contributed by atoms with van der Waals surface area (Å²) in [6.45, 7) is 12.9. The molecule has 46 heavy (non-hydrogen) atoms. The molecule has 0 aromatic heterocycles. The number of methoxy groups -OCH3 is 1. The molecule has 15 atom stereocenters. The highest BCUT2D eigenvalue weighted by molar-refractivity contribution is 5.73. The quantitative estimate of drug-likeness (QED) is 0.283. The molecule has 13 nitrogen and oxygen atoms in total. The van der Waals surface area contributed by atoms with Gasteiger partial charge < -0.3 is 53.9 Å². The lowest BCUT2D eigenvalue weighted by Crippen LogP contribution is -2.60. The molecule has 4 N–H and O–H groups in total. The number of nitrogens with zero attached hydrogens (tertiary/aromatic N) is 2. The molecule has 2 aliphatic heterocycles. The van der Waals surface area contributed by atoms with Gasteiger partial charge in [0.15, 0.2) is 6.29 Å². The molecule has 1 unspecified atom stereocenters. The van der Waals surface area contributed by atoms with E-state index in [4.69, 9.17) is 23.7 Å². The Kier molecular flexibility index (Phi) is 13.1. The van der Waals surface area contributed by atoms with E-state index in [0.29, 0.717) is 13.0 Å². The van der Waals surface area contributed by atoms with Gasteiger partial charge in [0, 0.05) is 30.5 Å². The molecule has 2 heterocycles. The largest absolute Gasteiger partial charge is 0.469 e. The van der Waals surface area contributed by atoms with Crippen molar-refractivity contribution in [2.45, 2.75) is 134 Å². The van der Waals surface area contributed by atoms with Crippen molar-refractivity contribution in [2.24, 2.45) is 23.7 Å². The molecule has 3 rings (SSSR count). The Morgan fingerprint density at radius 3 is 2.33 bits per heavy atom. The van der Waals surface area contributed by atoms with E-state index in [9.17, 15) is 30.0 Å². The van der Waals surface area contributed by atoms with E-state index in [2.05, 4.69) is 0 Å². The van der Waals surface area contributed by atoms with Crippen LogP contribution in [0.2, 0.25) is 0 Å². The number of carbonyl (C=O) groups excluding carboxylic acids is 2. The second-order valence-electron chi connectivity index (χ2n) is 14.8. The van der Waals surface area contributed by atoms with Crippen LogP contribution < -0.4 is 0 Å². The van der Waals surface area contributed by atoms with Crippen molar-refractivity contribution >= 4 is 11.9 Å². The van der Waals surface area contributed by atoms with E-state index < -0.39 is 83.7 Å². The minimum atomic E-state index is -1.61. The molecule has 3 fully saturated rings. The number of hydrogen-bond donors (Lipinski definition) is 4. The molecular weight excluding hydrogens is 600 g/mol. The fourth-order valence-electron chi connectivity index (χ4n) is 7.52. The van der Waals surface area contributed by atoms with E-state index in [1.54, 1.807) is 27.7 Å². The highest BCUT2D eigenvalue weighted by atomic mass is 16.7. The molecule has 1 saturated carbocycles. The smallest absolute Gasteiger partial charge is 0.311 e. The summed E-state index contributed by atoms with van der Waals surface area (Å²) >= 11 is 0. The minimum Gasteiger partial charge on any atom is -0.469 e. The van der Waals surface area contributed by atoms with Gasteiger partial charge in [-0.15, -0.1) is 0 Å². The van der Waals surface area contributed by atoms with Gasteiger partial charge in [-0.3, -0.25) is 9.59 Å². The van der Waals surface area contributed by atoms with Crippen molar-refractivity contribution < 1.29 is 53.7 Å². The molecule has 0 radical (unpaired) electrons. The third-order valence-electron chi connectivity index (χ3n) is 10.6. The van der Waals surface area contributed by atoms with Crippen LogP contribution in [0.5, 0.6) is 0 Å². The van der Waals surface area contributed by atoms with E-state index in [0.717, 1.165) is 0 Å². The number of hydrogen-bond acceptors (Lipinski definition) is 13. The molecular formula is C33H60N2O11. The fourth-order valence-corrected chi connectivity index (χ4v) is 7.52. The Balaban J connectivity index is 1.98. The summed E-state index contributed by atoms with van der Waals surface area (Å²) in [4.78, 5) is 29.1. The molecule has 1 aliphatic carbocycles. The molecule has 13 heteroatoms. The molecule has 0 aromatic rings. The summed E-state index contributed by atoms with van der Waals surface area (Å²) < 4.78 is 29.6. The predicted molar refractivity (Wildman–Crippen MR) is 169 cm³/mol. The molecule has 2 saturated heterocycles. The van der Waals surface area contributed by atoms with Gasteiger partial charge in [0.05, 0.1) is 50.0 Å². The Bertz CT molecular complexity index is 1030. The predicted octanol–water partition coefficient (Wildman–Crippen LogP) is 0.783. The molecule has 0 bridgehead atoms. The van der Waals surface area contributed by atoms with Crippen LogP contribution >= 0.6 is 0 Å². The Morgan fingerprint density at radius 2 is 1.74 bits per heavy atom.